The molecule has 2 aliphatic rings. The van der Waals surface area contributed by atoms with E-state index >= 15 is 0 Å². The number of nitrogens with two attached hydrogens (primary N) is 1. The van der Waals surface area contributed by atoms with Crippen molar-refractivity contribution in [3.05, 3.63) is 59.9 Å². The van der Waals surface area contributed by atoms with Gasteiger partial charge in [0.15, 0.2) is 0 Å². The number of carbonyl (C=O) groups excluding carboxylic acids is 2. The van der Waals surface area contributed by atoms with Crippen molar-refractivity contribution in [1.82, 2.24) is 9.78 Å². The minimum atomic E-state index is -0.491. The van der Waals surface area contributed by atoms with Gasteiger partial charge >= 0.3 is 6.09 Å². The maximum atomic E-state index is 12.6. The molecule has 1 atom stereocenters. The van der Waals surface area contributed by atoms with E-state index < -0.39 is 12.0 Å². The fourth-order valence-corrected chi connectivity index (χ4v) is 4.35. The maximum absolute atomic E-state index is 12.6. The number of aromatic nitrogens is 2. The van der Waals surface area contributed by atoms with Crippen LogP contribution >= 0.6 is 0 Å². The Morgan fingerprint density at radius 1 is 1.09 bits per heavy atom. The summed E-state index contributed by atoms with van der Waals surface area (Å²) in [6, 6.07) is 11.1. The van der Waals surface area contributed by atoms with Gasteiger partial charge in [0.05, 0.1) is 25.0 Å². The second-order valence-electron chi connectivity index (χ2n) is 8.60. The average Bonchev–Trinajstić information content (AvgIpc) is 3.56. The molecule has 1 aliphatic carbocycles. The van der Waals surface area contributed by atoms with Crippen molar-refractivity contribution in [2.75, 3.05) is 12.0 Å². The standard InChI is InChI=1S/C25H26N4O4/c1-15-3-10-21-22(29(15)25(31)32-2)12-11-20(17-13-27-28(14-17)18-6-7-18)23(21)33-19-8-4-16(5-9-19)24(26)30/h4-5,8-9,11-15,18H,3,6-7,10H2,1-2H3,(H2,26,30). The van der Waals surface area contributed by atoms with Crippen molar-refractivity contribution in [2.24, 2.45) is 5.73 Å². The molecule has 0 spiro atoms. The Morgan fingerprint density at radius 2 is 1.85 bits per heavy atom. The van der Waals surface area contributed by atoms with E-state index in [1.54, 1.807) is 29.2 Å². The molecule has 33 heavy (non-hydrogen) atoms. The summed E-state index contributed by atoms with van der Waals surface area (Å²) in [4.78, 5) is 25.7. The number of nitrogens with zero attached hydrogens (tertiary/aromatic N) is 3. The Hall–Kier alpha value is -3.81. The van der Waals surface area contributed by atoms with Crippen molar-refractivity contribution in [3.8, 4) is 22.6 Å². The minimum Gasteiger partial charge on any atom is -0.456 e. The molecule has 8 heteroatoms. The molecule has 5 rings (SSSR count). The zero-order chi connectivity index (χ0) is 23.1. The van der Waals surface area contributed by atoms with Gasteiger partial charge in [-0.3, -0.25) is 14.4 Å². The van der Waals surface area contributed by atoms with Crippen LogP contribution in [0, 0.1) is 0 Å². The molecule has 170 valence electrons. The molecule has 3 aromatic rings. The second kappa shape index (κ2) is 8.27. The number of hydrogen-bond acceptors (Lipinski definition) is 5. The van der Waals surface area contributed by atoms with Crippen LogP contribution in [0.2, 0.25) is 0 Å². The SMILES string of the molecule is COC(=O)N1c2ccc(-c3cnn(C4CC4)c3)c(Oc3ccc(C(N)=O)cc3)c2CCC1C. The first-order chi connectivity index (χ1) is 16.0. The van der Waals surface area contributed by atoms with Gasteiger partial charge in [-0.05, 0) is 69.0 Å². The van der Waals surface area contributed by atoms with Crippen molar-refractivity contribution in [1.29, 1.82) is 0 Å². The molecule has 1 saturated carbocycles. The fraction of sp³-hybridized carbons (Fsp3) is 0.320. The molecule has 0 saturated heterocycles. The summed E-state index contributed by atoms with van der Waals surface area (Å²) >= 11 is 0. The number of ether oxygens (including phenoxy) is 2. The van der Waals surface area contributed by atoms with Gasteiger partial charge in [-0.15, -0.1) is 0 Å². The summed E-state index contributed by atoms with van der Waals surface area (Å²) in [6.07, 6.45) is 7.33. The maximum Gasteiger partial charge on any atom is 0.414 e. The molecule has 2 N–H and O–H groups in total. The Morgan fingerprint density at radius 3 is 2.52 bits per heavy atom. The molecule has 2 heterocycles. The third-order valence-electron chi connectivity index (χ3n) is 6.31. The normalized spacial score (nSPS) is 17.4. The number of fused-ring (bicyclic) bond motifs is 1. The number of carbonyl (C=O) groups is 2. The molecule has 1 aromatic heterocycles. The number of benzene rings is 2. The van der Waals surface area contributed by atoms with Crippen LogP contribution in [0.4, 0.5) is 10.5 Å². The molecule has 2 aromatic carbocycles. The Bertz CT molecular complexity index is 1210. The lowest BCUT2D eigenvalue weighted by Crippen LogP contribution is -2.42. The monoisotopic (exact) mass is 446 g/mol. The Balaban J connectivity index is 1.61. The van der Waals surface area contributed by atoms with Crippen LogP contribution in [-0.4, -0.2) is 34.9 Å². The third-order valence-corrected chi connectivity index (χ3v) is 6.31. The highest BCUT2D eigenvalue weighted by atomic mass is 16.5. The van der Waals surface area contributed by atoms with E-state index in [9.17, 15) is 9.59 Å². The van der Waals surface area contributed by atoms with Crippen LogP contribution < -0.4 is 15.4 Å². The van der Waals surface area contributed by atoms with Crippen LogP contribution in [0.1, 0.15) is 48.1 Å². The van der Waals surface area contributed by atoms with Crippen LogP contribution in [0.15, 0.2) is 48.8 Å². The molecular weight excluding hydrogens is 420 g/mol. The molecule has 0 bridgehead atoms. The topological polar surface area (TPSA) is 99.7 Å². The highest BCUT2D eigenvalue weighted by Crippen LogP contribution is 2.45. The zero-order valence-electron chi connectivity index (χ0n) is 18.7. The first-order valence-corrected chi connectivity index (χ1v) is 11.1. The van der Waals surface area contributed by atoms with Gasteiger partial charge in [0, 0.05) is 34.5 Å². The van der Waals surface area contributed by atoms with E-state index in [0.29, 0.717) is 23.1 Å². The summed E-state index contributed by atoms with van der Waals surface area (Å²) in [6.45, 7) is 2.01. The van der Waals surface area contributed by atoms with Gasteiger partial charge < -0.3 is 15.2 Å². The summed E-state index contributed by atoms with van der Waals surface area (Å²) in [5.74, 6) is 0.762. The minimum absolute atomic E-state index is 0.0103. The average molecular weight is 447 g/mol. The number of rotatable bonds is 5. The Labute approximate surface area is 191 Å². The third kappa shape index (κ3) is 3.92. The molecule has 8 nitrogen and oxygen atoms in total. The summed E-state index contributed by atoms with van der Waals surface area (Å²) in [7, 11) is 1.39. The highest BCUT2D eigenvalue weighted by molar-refractivity contribution is 5.93. The van der Waals surface area contributed by atoms with Crippen molar-refractivity contribution >= 4 is 17.7 Å². The summed E-state index contributed by atoms with van der Waals surface area (Å²) in [5, 5.41) is 4.54. The van der Waals surface area contributed by atoms with Crippen LogP contribution in [0.25, 0.3) is 11.1 Å². The lowest BCUT2D eigenvalue weighted by Gasteiger charge is -2.35. The smallest absolute Gasteiger partial charge is 0.414 e. The van der Waals surface area contributed by atoms with Crippen molar-refractivity contribution < 1.29 is 19.1 Å². The zero-order valence-corrected chi connectivity index (χ0v) is 18.7. The number of primary amides is 1. The first kappa shape index (κ1) is 21.1. The van der Waals surface area contributed by atoms with E-state index in [1.165, 1.54) is 7.11 Å². The van der Waals surface area contributed by atoms with Gasteiger partial charge in [-0.2, -0.15) is 5.10 Å². The quantitative estimate of drug-likeness (QED) is 0.613. The van der Waals surface area contributed by atoms with Gasteiger partial charge in [0.25, 0.3) is 0 Å². The van der Waals surface area contributed by atoms with Gasteiger partial charge in [0.2, 0.25) is 5.91 Å². The number of hydrogen-bond donors (Lipinski definition) is 1. The van der Waals surface area contributed by atoms with Gasteiger partial charge in [-0.1, -0.05) is 0 Å². The number of anilines is 1. The highest BCUT2D eigenvalue weighted by Gasteiger charge is 2.33. The lowest BCUT2D eigenvalue weighted by molar-refractivity contribution is 0.1000. The van der Waals surface area contributed by atoms with Crippen molar-refractivity contribution in [2.45, 2.75) is 44.7 Å². The molecule has 1 fully saturated rings. The van der Waals surface area contributed by atoms with E-state index in [4.69, 9.17) is 15.2 Å². The van der Waals surface area contributed by atoms with Gasteiger partial charge in [0.1, 0.15) is 11.5 Å². The number of methoxy groups -OCH3 is 1. The predicted molar refractivity (Wildman–Crippen MR) is 124 cm³/mol. The van der Waals surface area contributed by atoms with Crippen LogP contribution in [0.5, 0.6) is 11.5 Å². The van der Waals surface area contributed by atoms with E-state index in [1.807, 2.05) is 36.1 Å². The molecule has 2 amide bonds. The molecular formula is C25H26N4O4. The first-order valence-electron chi connectivity index (χ1n) is 11.1. The molecule has 1 unspecified atom stereocenters. The van der Waals surface area contributed by atoms with Gasteiger partial charge in [-0.25, -0.2) is 4.79 Å². The fourth-order valence-electron chi connectivity index (χ4n) is 4.35. The van der Waals surface area contributed by atoms with Crippen LogP contribution in [-0.2, 0) is 11.2 Å². The van der Waals surface area contributed by atoms with E-state index in [0.717, 1.165) is 48.1 Å². The molecule has 1 aliphatic heterocycles. The summed E-state index contributed by atoms with van der Waals surface area (Å²) < 4.78 is 13.5. The predicted octanol–water partition coefficient (Wildman–Crippen LogP) is 4.68. The number of amides is 2. The Kier molecular flexibility index (Phi) is 5.28. The second-order valence-corrected chi connectivity index (χ2v) is 8.60. The lowest BCUT2D eigenvalue weighted by atomic mass is 9.92. The molecule has 0 radical (unpaired) electrons. The van der Waals surface area contributed by atoms with E-state index in [2.05, 4.69) is 5.10 Å². The largest absolute Gasteiger partial charge is 0.456 e. The van der Waals surface area contributed by atoms with Crippen LogP contribution in [0.3, 0.4) is 0 Å². The van der Waals surface area contributed by atoms with Crippen molar-refractivity contribution in [3.63, 3.8) is 0 Å². The van der Waals surface area contributed by atoms with E-state index in [-0.39, 0.29) is 6.04 Å². The summed E-state index contributed by atoms with van der Waals surface area (Å²) in [5.41, 5.74) is 9.36.